The van der Waals surface area contributed by atoms with Crippen molar-refractivity contribution in [1.82, 2.24) is 20.3 Å². The van der Waals surface area contributed by atoms with Crippen LogP contribution in [0.15, 0.2) is 6.07 Å². The van der Waals surface area contributed by atoms with Gasteiger partial charge in [-0.05, 0) is 20.8 Å². The predicted molar refractivity (Wildman–Crippen MR) is 102 cm³/mol. The van der Waals surface area contributed by atoms with Crippen molar-refractivity contribution in [3.8, 4) is 0 Å². The number of carbonyl (C=O) groups is 1. The summed E-state index contributed by atoms with van der Waals surface area (Å²) in [5.41, 5.74) is 0.777. The number of carbonyl (C=O) groups excluding carboxylic acids is 1. The highest BCUT2D eigenvalue weighted by atomic mass is 32.1. The van der Waals surface area contributed by atoms with E-state index in [1.54, 1.807) is 0 Å². The molecule has 0 atom stereocenters. The maximum absolute atomic E-state index is 12.2. The van der Waals surface area contributed by atoms with Gasteiger partial charge in [0.05, 0.1) is 23.9 Å². The summed E-state index contributed by atoms with van der Waals surface area (Å²) in [7, 11) is 0. The first-order valence-corrected chi connectivity index (χ1v) is 9.49. The van der Waals surface area contributed by atoms with Gasteiger partial charge in [0.15, 0.2) is 0 Å². The first-order chi connectivity index (χ1) is 12.5. The van der Waals surface area contributed by atoms with Crippen molar-refractivity contribution >= 4 is 28.9 Å². The van der Waals surface area contributed by atoms with Crippen molar-refractivity contribution in [1.29, 1.82) is 0 Å². The number of hydrogen-bond acceptors (Lipinski definition) is 8. The fourth-order valence-electron chi connectivity index (χ4n) is 2.79. The van der Waals surface area contributed by atoms with E-state index in [4.69, 9.17) is 4.74 Å². The number of rotatable bonds is 6. The fourth-order valence-corrected chi connectivity index (χ4v) is 3.62. The molecule has 1 aliphatic rings. The average molecular weight is 376 g/mol. The van der Waals surface area contributed by atoms with E-state index in [1.165, 1.54) is 11.3 Å². The van der Waals surface area contributed by atoms with Gasteiger partial charge in [-0.25, -0.2) is 15.0 Å². The Hall–Kier alpha value is -2.26. The zero-order chi connectivity index (χ0) is 18.5. The number of nitrogens with one attached hydrogen (secondary N) is 2. The van der Waals surface area contributed by atoms with E-state index in [2.05, 4.69) is 30.5 Å². The third-order valence-electron chi connectivity index (χ3n) is 3.99. The lowest BCUT2D eigenvalue weighted by molar-refractivity contribution is 0.0958. The van der Waals surface area contributed by atoms with Crippen molar-refractivity contribution in [2.45, 2.75) is 20.8 Å². The Morgan fingerprint density at radius 1 is 1.19 bits per heavy atom. The van der Waals surface area contributed by atoms with Gasteiger partial charge in [-0.1, -0.05) is 0 Å². The Morgan fingerprint density at radius 3 is 2.65 bits per heavy atom. The van der Waals surface area contributed by atoms with Crippen LogP contribution in [0.2, 0.25) is 0 Å². The number of aryl methyl sites for hydroxylation is 3. The second-order valence-corrected chi connectivity index (χ2v) is 7.29. The van der Waals surface area contributed by atoms with Gasteiger partial charge in [0, 0.05) is 32.2 Å². The van der Waals surface area contributed by atoms with E-state index >= 15 is 0 Å². The van der Waals surface area contributed by atoms with E-state index in [0.717, 1.165) is 41.3 Å². The summed E-state index contributed by atoms with van der Waals surface area (Å²) in [6.07, 6.45) is 0. The molecule has 2 aromatic heterocycles. The second kappa shape index (κ2) is 8.41. The molecule has 0 unspecified atom stereocenters. The van der Waals surface area contributed by atoms with Crippen molar-refractivity contribution in [2.24, 2.45) is 0 Å². The van der Waals surface area contributed by atoms with Crippen LogP contribution >= 0.6 is 11.3 Å². The lowest BCUT2D eigenvalue weighted by Gasteiger charge is -2.28. The molecule has 0 bridgehead atoms. The topological polar surface area (TPSA) is 92.3 Å². The largest absolute Gasteiger partial charge is 0.378 e. The molecule has 8 nitrogen and oxygen atoms in total. The molecule has 9 heteroatoms. The van der Waals surface area contributed by atoms with Crippen molar-refractivity contribution < 1.29 is 9.53 Å². The quantitative estimate of drug-likeness (QED) is 0.739. The Balaban J connectivity index is 1.52. The molecule has 1 amide bonds. The first kappa shape index (κ1) is 18.5. The van der Waals surface area contributed by atoms with Gasteiger partial charge in [0.2, 0.25) is 0 Å². The normalized spacial score (nSPS) is 14.3. The van der Waals surface area contributed by atoms with Crippen LogP contribution in [0.5, 0.6) is 0 Å². The van der Waals surface area contributed by atoms with Crippen molar-refractivity contribution in [2.75, 3.05) is 49.6 Å². The lowest BCUT2D eigenvalue weighted by Crippen LogP contribution is -2.37. The number of morpholine rings is 1. The maximum Gasteiger partial charge on any atom is 0.263 e. The average Bonchev–Trinajstić information content (AvgIpc) is 2.97. The molecule has 26 heavy (non-hydrogen) atoms. The van der Waals surface area contributed by atoms with Gasteiger partial charge in [-0.3, -0.25) is 4.79 Å². The molecule has 3 heterocycles. The maximum atomic E-state index is 12.2. The SMILES string of the molecule is Cc1nc(NCCNC(=O)c2sc(C)nc2C)cc(N2CCOCC2)n1. The van der Waals surface area contributed by atoms with Crippen molar-refractivity contribution in [3.05, 3.63) is 27.5 Å². The monoisotopic (exact) mass is 376 g/mol. The Morgan fingerprint density at radius 2 is 1.96 bits per heavy atom. The standard InChI is InChI=1S/C17H24N6O2S/c1-11-16(26-13(3)20-11)17(24)19-5-4-18-14-10-15(22-12(2)21-14)23-6-8-25-9-7-23/h10H,4-9H2,1-3H3,(H,19,24)(H,18,21,22). The minimum Gasteiger partial charge on any atom is -0.378 e. The minimum atomic E-state index is -0.0808. The smallest absolute Gasteiger partial charge is 0.263 e. The highest BCUT2D eigenvalue weighted by Crippen LogP contribution is 2.18. The third kappa shape index (κ3) is 4.67. The van der Waals surface area contributed by atoms with Gasteiger partial charge in [0.1, 0.15) is 22.3 Å². The number of ether oxygens (including phenoxy) is 1. The number of amides is 1. The Labute approximate surface area is 157 Å². The summed E-state index contributed by atoms with van der Waals surface area (Å²) in [5, 5.41) is 7.07. The summed E-state index contributed by atoms with van der Waals surface area (Å²) in [6.45, 7) is 9.83. The molecule has 3 rings (SSSR count). The van der Waals surface area contributed by atoms with Crippen LogP contribution in [0.1, 0.15) is 26.2 Å². The summed E-state index contributed by atoms with van der Waals surface area (Å²) in [4.78, 5) is 28.3. The molecule has 0 radical (unpaired) electrons. The molecule has 2 aromatic rings. The van der Waals surface area contributed by atoms with Crippen LogP contribution in [0.3, 0.4) is 0 Å². The molecule has 1 fully saturated rings. The molecule has 0 aliphatic carbocycles. The van der Waals surface area contributed by atoms with Gasteiger partial charge in [-0.2, -0.15) is 0 Å². The number of hydrogen-bond donors (Lipinski definition) is 2. The zero-order valence-electron chi connectivity index (χ0n) is 15.3. The van der Waals surface area contributed by atoms with E-state index in [1.807, 2.05) is 26.8 Å². The number of aromatic nitrogens is 3. The van der Waals surface area contributed by atoms with Crippen LogP contribution in [0, 0.1) is 20.8 Å². The molecule has 1 aliphatic heterocycles. The molecule has 1 saturated heterocycles. The molecule has 2 N–H and O–H groups in total. The van der Waals surface area contributed by atoms with Gasteiger partial charge < -0.3 is 20.3 Å². The molecular weight excluding hydrogens is 352 g/mol. The third-order valence-corrected chi connectivity index (χ3v) is 5.06. The summed E-state index contributed by atoms with van der Waals surface area (Å²) < 4.78 is 5.39. The molecule has 0 aromatic carbocycles. The zero-order valence-corrected chi connectivity index (χ0v) is 16.2. The van der Waals surface area contributed by atoms with E-state index in [9.17, 15) is 4.79 Å². The van der Waals surface area contributed by atoms with E-state index in [-0.39, 0.29) is 5.91 Å². The number of anilines is 2. The fraction of sp³-hybridized carbons (Fsp3) is 0.529. The van der Waals surface area contributed by atoms with Gasteiger partial charge >= 0.3 is 0 Å². The van der Waals surface area contributed by atoms with Crippen LogP contribution in [0.25, 0.3) is 0 Å². The summed E-state index contributed by atoms with van der Waals surface area (Å²) in [6, 6.07) is 1.94. The lowest BCUT2D eigenvalue weighted by atomic mass is 10.3. The van der Waals surface area contributed by atoms with Gasteiger partial charge in [-0.15, -0.1) is 11.3 Å². The molecule has 0 spiro atoms. The molecular formula is C17H24N6O2S. The van der Waals surface area contributed by atoms with Crippen LogP contribution < -0.4 is 15.5 Å². The number of thiazole rings is 1. The predicted octanol–water partition coefficient (Wildman–Crippen LogP) is 1.54. The van der Waals surface area contributed by atoms with E-state index < -0.39 is 0 Å². The second-order valence-electron chi connectivity index (χ2n) is 6.09. The van der Waals surface area contributed by atoms with Crippen LogP contribution in [-0.4, -0.2) is 60.3 Å². The van der Waals surface area contributed by atoms with E-state index in [0.29, 0.717) is 31.2 Å². The summed E-state index contributed by atoms with van der Waals surface area (Å²) in [5.74, 6) is 2.31. The minimum absolute atomic E-state index is 0.0808. The van der Waals surface area contributed by atoms with Crippen LogP contribution in [-0.2, 0) is 4.74 Å². The Kier molecular flexibility index (Phi) is 6.00. The van der Waals surface area contributed by atoms with Gasteiger partial charge in [0.25, 0.3) is 5.91 Å². The highest BCUT2D eigenvalue weighted by Gasteiger charge is 2.15. The molecule has 140 valence electrons. The van der Waals surface area contributed by atoms with Crippen molar-refractivity contribution in [3.63, 3.8) is 0 Å². The summed E-state index contributed by atoms with van der Waals surface area (Å²) >= 11 is 1.42. The first-order valence-electron chi connectivity index (χ1n) is 8.67. The highest BCUT2D eigenvalue weighted by molar-refractivity contribution is 7.13. The molecule has 0 saturated carbocycles. The van der Waals surface area contributed by atoms with Crippen LogP contribution in [0.4, 0.5) is 11.6 Å². The number of nitrogens with zero attached hydrogens (tertiary/aromatic N) is 4. The Bertz CT molecular complexity index is 773.